The van der Waals surface area contributed by atoms with Gasteiger partial charge in [-0.2, -0.15) is 0 Å². The second-order valence-corrected chi connectivity index (χ2v) is 5.90. The summed E-state index contributed by atoms with van der Waals surface area (Å²) in [5, 5.41) is 9.46. The van der Waals surface area contributed by atoms with E-state index < -0.39 is 6.10 Å². The number of hydrogen-bond acceptors (Lipinski definition) is 2. The first-order valence-electron chi connectivity index (χ1n) is 6.99. The van der Waals surface area contributed by atoms with Crippen LogP contribution in [-0.2, 0) is 0 Å². The van der Waals surface area contributed by atoms with Gasteiger partial charge in [0.15, 0.2) is 0 Å². The molecule has 2 nitrogen and oxygen atoms in total. The van der Waals surface area contributed by atoms with Crippen molar-refractivity contribution >= 4 is 0 Å². The fourth-order valence-electron chi connectivity index (χ4n) is 2.99. The SMILES string of the molecule is CC1CC(C)CC(Oc2ccc([C@H](C)O)cc2)C1. The molecular formula is C16H24O2. The maximum Gasteiger partial charge on any atom is 0.119 e. The lowest BCUT2D eigenvalue weighted by molar-refractivity contribution is 0.101. The topological polar surface area (TPSA) is 29.5 Å². The fourth-order valence-corrected chi connectivity index (χ4v) is 2.99. The van der Waals surface area contributed by atoms with E-state index in [1.807, 2.05) is 24.3 Å². The molecule has 0 saturated heterocycles. The first-order chi connectivity index (χ1) is 8.54. The molecule has 0 aromatic heterocycles. The van der Waals surface area contributed by atoms with Crippen molar-refractivity contribution in [1.82, 2.24) is 0 Å². The zero-order valence-corrected chi connectivity index (χ0v) is 11.6. The highest BCUT2D eigenvalue weighted by atomic mass is 16.5. The minimum absolute atomic E-state index is 0.348. The van der Waals surface area contributed by atoms with Crippen LogP contribution >= 0.6 is 0 Å². The largest absolute Gasteiger partial charge is 0.490 e. The van der Waals surface area contributed by atoms with Gasteiger partial charge in [-0.1, -0.05) is 26.0 Å². The number of aliphatic hydroxyl groups excluding tert-OH is 1. The van der Waals surface area contributed by atoms with Crippen molar-refractivity contribution in [2.45, 2.75) is 52.2 Å². The van der Waals surface area contributed by atoms with Crippen LogP contribution in [0.25, 0.3) is 0 Å². The van der Waals surface area contributed by atoms with E-state index in [1.165, 1.54) is 6.42 Å². The zero-order chi connectivity index (χ0) is 13.1. The quantitative estimate of drug-likeness (QED) is 0.877. The summed E-state index contributed by atoms with van der Waals surface area (Å²) in [5.41, 5.74) is 0.938. The average molecular weight is 248 g/mol. The highest BCUT2D eigenvalue weighted by molar-refractivity contribution is 5.28. The van der Waals surface area contributed by atoms with Crippen LogP contribution in [0.2, 0.25) is 0 Å². The molecule has 0 spiro atoms. The van der Waals surface area contributed by atoms with Crippen molar-refractivity contribution in [3.05, 3.63) is 29.8 Å². The highest BCUT2D eigenvalue weighted by Crippen LogP contribution is 2.31. The second-order valence-electron chi connectivity index (χ2n) is 5.90. The van der Waals surface area contributed by atoms with Gasteiger partial charge >= 0.3 is 0 Å². The summed E-state index contributed by atoms with van der Waals surface area (Å²) in [4.78, 5) is 0. The molecule has 18 heavy (non-hydrogen) atoms. The molecule has 2 unspecified atom stereocenters. The maximum atomic E-state index is 9.46. The Labute approximate surface area is 110 Å². The highest BCUT2D eigenvalue weighted by Gasteiger charge is 2.25. The Morgan fingerprint density at radius 1 is 1.06 bits per heavy atom. The van der Waals surface area contributed by atoms with Crippen LogP contribution in [0, 0.1) is 11.8 Å². The number of ether oxygens (including phenoxy) is 1. The van der Waals surface area contributed by atoms with Gasteiger partial charge in [-0.15, -0.1) is 0 Å². The fraction of sp³-hybridized carbons (Fsp3) is 0.625. The van der Waals surface area contributed by atoms with Gasteiger partial charge in [0, 0.05) is 0 Å². The lowest BCUT2D eigenvalue weighted by Crippen LogP contribution is -2.28. The first-order valence-corrected chi connectivity index (χ1v) is 6.99. The van der Waals surface area contributed by atoms with Gasteiger partial charge in [-0.3, -0.25) is 0 Å². The Balaban J connectivity index is 1.96. The van der Waals surface area contributed by atoms with Crippen LogP contribution < -0.4 is 4.74 Å². The molecule has 3 atom stereocenters. The van der Waals surface area contributed by atoms with E-state index in [1.54, 1.807) is 6.92 Å². The average Bonchev–Trinajstić information content (AvgIpc) is 2.28. The molecule has 1 aromatic rings. The van der Waals surface area contributed by atoms with Gasteiger partial charge in [0.25, 0.3) is 0 Å². The minimum Gasteiger partial charge on any atom is -0.490 e. The van der Waals surface area contributed by atoms with Gasteiger partial charge in [0.1, 0.15) is 5.75 Å². The van der Waals surface area contributed by atoms with Crippen LogP contribution in [0.5, 0.6) is 5.75 Å². The Bertz CT molecular complexity index is 359. The molecule has 2 heteroatoms. The molecule has 1 saturated carbocycles. The van der Waals surface area contributed by atoms with Gasteiger partial charge in [-0.25, -0.2) is 0 Å². The van der Waals surface area contributed by atoms with Crippen LogP contribution in [0.3, 0.4) is 0 Å². The summed E-state index contributed by atoms with van der Waals surface area (Å²) >= 11 is 0. The monoisotopic (exact) mass is 248 g/mol. The molecule has 0 bridgehead atoms. The van der Waals surface area contributed by atoms with Crippen LogP contribution in [0.15, 0.2) is 24.3 Å². The molecule has 1 aliphatic rings. The predicted molar refractivity (Wildman–Crippen MR) is 73.7 cm³/mol. The van der Waals surface area contributed by atoms with Crippen molar-refractivity contribution < 1.29 is 9.84 Å². The summed E-state index contributed by atoms with van der Waals surface area (Å²) in [7, 11) is 0. The van der Waals surface area contributed by atoms with E-state index in [9.17, 15) is 5.11 Å². The molecule has 2 rings (SSSR count). The van der Waals surface area contributed by atoms with Gasteiger partial charge < -0.3 is 9.84 Å². The van der Waals surface area contributed by atoms with Crippen molar-refractivity contribution in [2.24, 2.45) is 11.8 Å². The van der Waals surface area contributed by atoms with E-state index in [0.717, 1.165) is 36.0 Å². The van der Waals surface area contributed by atoms with Crippen LogP contribution in [0.1, 0.15) is 51.7 Å². The summed E-state index contributed by atoms with van der Waals surface area (Å²) in [6.07, 6.45) is 3.57. The normalized spacial score (nSPS) is 29.9. The third-order valence-electron chi connectivity index (χ3n) is 3.80. The zero-order valence-electron chi connectivity index (χ0n) is 11.6. The summed E-state index contributed by atoms with van der Waals surface area (Å²) in [6.45, 7) is 6.39. The third-order valence-corrected chi connectivity index (χ3v) is 3.80. The van der Waals surface area contributed by atoms with E-state index >= 15 is 0 Å². The molecule has 0 heterocycles. The van der Waals surface area contributed by atoms with Crippen molar-refractivity contribution in [3.63, 3.8) is 0 Å². The Kier molecular flexibility index (Phi) is 4.28. The van der Waals surface area contributed by atoms with E-state index in [-0.39, 0.29) is 0 Å². The summed E-state index contributed by atoms with van der Waals surface area (Å²) in [5.74, 6) is 2.44. The van der Waals surface area contributed by atoms with Gasteiger partial charge in [0.05, 0.1) is 12.2 Å². The van der Waals surface area contributed by atoms with E-state index in [2.05, 4.69) is 13.8 Å². The van der Waals surface area contributed by atoms with Crippen molar-refractivity contribution in [3.8, 4) is 5.75 Å². The molecule has 1 fully saturated rings. The third kappa shape index (κ3) is 3.49. The van der Waals surface area contributed by atoms with Crippen LogP contribution in [0.4, 0.5) is 0 Å². The molecule has 1 N–H and O–H groups in total. The maximum absolute atomic E-state index is 9.46. The smallest absolute Gasteiger partial charge is 0.119 e. The van der Waals surface area contributed by atoms with E-state index in [4.69, 9.17) is 4.74 Å². The summed E-state index contributed by atoms with van der Waals surface area (Å²) < 4.78 is 6.05. The van der Waals surface area contributed by atoms with Crippen LogP contribution in [-0.4, -0.2) is 11.2 Å². The van der Waals surface area contributed by atoms with Gasteiger partial charge in [0.2, 0.25) is 0 Å². The summed E-state index contributed by atoms with van der Waals surface area (Å²) in [6, 6.07) is 7.81. The second kappa shape index (κ2) is 5.75. The molecule has 0 radical (unpaired) electrons. The minimum atomic E-state index is -0.409. The lowest BCUT2D eigenvalue weighted by atomic mass is 9.82. The Morgan fingerprint density at radius 3 is 2.11 bits per heavy atom. The molecule has 100 valence electrons. The first kappa shape index (κ1) is 13.4. The molecule has 0 aliphatic heterocycles. The Hall–Kier alpha value is -1.02. The molecule has 1 aromatic carbocycles. The standard InChI is InChI=1S/C16H24O2/c1-11-8-12(2)10-16(9-11)18-15-6-4-14(5-7-15)13(3)17/h4-7,11-13,16-17H,8-10H2,1-3H3/t11?,12?,13-,16?/m0/s1. The van der Waals surface area contributed by atoms with Crippen molar-refractivity contribution in [1.29, 1.82) is 0 Å². The molecule has 1 aliphatic carbocycles. The Morgan fingerprint density at radius 2 is 1.61 bits per heavy atom. The number of rotatable bonds is 3. The predicted octanol–water partition coefficient (Wildman–Crippen LogP) is 3.94. The number of hydrogen-bond donors (Lipinski definition) is 1. The number of aliphatic hydroxyl groups is 1. The van der Waals surface area contributed by atoms with E-state index in [0.29, 0.717) is 6.10 Å². The molecule has 0 amide bonds. The molecular weight excluding hydrogens is 224 g/mol. The van der Waals surface area contributed by atoms with Crippen molar-refractivity contribution in [2.75, 3.05) is 0 Å². The number of benzene rings is 1. The van der Waals surface area contributed by atoms with Gasteiger partial charge in [-0.05, 0) is 55.7 Å². The lowest BCUT2D eigenvalue weighted by Gasteiger charge is -2.31.